The Bertz CT molecular complexity index is 782. The van der Waals surface area contributed by atoms with Crippen LogP contribution < -0.4 is 9.64 Å². The number of amides is 1. The van der Waals surface area contributed by atoms with Gasteiger partial charge in [0.2, 0.25) is 5.88 Å². The molecule has 2 aromatic rings. The Morgan fingerprint density at radius 1 is 1.21 bits per heavy atom. The van der Waals surface area contributed by atoms with Crippen molar-refractivity contribution in [2.24, 2.45) is 0 Å². The summed E-state index contributed by atoms with van der Waals surface area (Å²) in [5.74, 6) is -1.13. The Balaban J connectivity index is 2.46. The minimum Gasteiger partial charge on any atom is -0.481 e. The number of hydrogen-bond acceptors (Lipinski definition) is 3. The van der Waals surface area contributed by atoms with E-state index in [-0.39, 0.29) is 15.9 Å². The van der Waals surface area contributed by atoms with Crippen LogP contribution in [-0.2, 0) is 6.18 Å². The van der Waals surface area contributed by atoms with Gasteiger partial charge in [-0.3, -0.25) is 4.79 Å². The van der Waals surface area contributed by atoms with Gasteiger partial charge in [0, 0.05) is 25.0 Å². The largest absolute Gasteiger partial charge is 0.481 e. The van der Waals surface area contributed by atoms with E-state index in [1.807, 2.05) is 0 Å². The van der Waals surface area contributed by atoms with E-state index in [2.05, 4.69) is 4.98 Å². The summed E-state index contributed by atoms with van der Waals surface area (Å²) in [5.41, 5.74) is -1.44. The summed E-state index contributed by atoms with van der Waals surface area (Å²) in [6.45, 7) is 0. The van der Waals surface area contributed by atoms with E-state index in [1.165, 1.54) is 32.4 Å². The van der Waals surface area contributed by atoms with Crippen LogP contribution in [0.5, 0.6) is 5.88 Å². The molecule has 0 radical (unpaired) electrons. The Morgan fingerprint density at radius 3 is 2.42 bits per heavy atom. The minimum absolute atomic E-state index is 0.178. The minimum atomic E-state index is -4.74. The van der Waals surface area contributed by atoms with Crippen LogP contribution >= 0.6 is 23.2 Å². The lowest BCUT2D eigenvalue weighted by atomic mass is 10.1. The normalized spacial score (nSPS) is 11.3. The number of nitrogens with zero attached hydrogens (tertiary/aromatic N) is 2. The van der Waals surface area contributed by atoms with Crippen molar-refractivity contribution in [2.45, 2.75) is 6.18 Å². The maximum atomic E-state index is 13.2. The molecule has 0 fully saturated rings. The number of ether oxygens (including phenoxy) is 1. The Kier molecular flexibility index (Phi) is 5.25. The molecule has 1 aromatic carbocycles. The van der Waals surface area contributed by atoms with Crippen LogP contribution in [-0.4, -0.2) is 25.0 Å². The smallest absolute Gasteiger partial charge is 0.417 e. The predicted octanol–water partition coefficient (Wildman–Crippen LogP) is 4.69. The van der Waals surface area contributed by atoms with Crippen LogP contribution in [0.2, 0.25) is 10.0 Å². The summed E-state index contributed by atoms with van der Waals surface area (Å²) < 4.78 is 44.3. The average Bonchev–Trinajstić information content (AvgIpc) is 2.54. The zero-order valence-corrected chi connectivity index (χ0v) is 14.0. The van der Waals surface area contributed by atoms with Crippen LogP contribution in [0.15, 0.2) is 30.5 Å². The van der Waals surface area contributed by atoms with E-state index >= 15 is 0 Å². The van der Waals surface area contributed by atoms with E-state index in [0.29, 0.717) is 11.8 Å². The molecule has 1 amide bonds. The van der Waals surface area contributed by atoms with Crippen LogP contribution in [0.3, 0.4) is 0 Å². The van der Waals surface area contributed by atoms with Gasteiger partial charge in [0.25, 0.3) is 5.91 Å². The van der Waals surface area contributed by atoms with Crippen LogP contribution in [0.1, 0.15) is 15.9 Å². The molecule has 128 valence electrons. The molecule has 24 heavy (non-hydrogen) atoms. The third-order valence-corrected chi connectivity index (χ3v) is 3.96. The van der Waals surface area contributed by atoms with Gasteiger partial charge in [-0.2, -0.15) is 13.2 Å². The van der Waals surface area contributed by atoms with Crippen molar-refractivity contribution in [3.8, 4) is 5.88 Å². The van der Waals surface area contributed by atoms with Crippen molar-refractivity contribution < 1.29 is 22.7 Å². The lowest BCUT2D eigenvalue weighted by Crippen LogP contribution is -2.29. The first-order valence-corrected chi connectivity index (χ1v) is 7.25. The average molecular weight is 379 g/mol. The van der Waals surface area contributed by atoms with Crippen molar-refractivity contribution in [1.82, 2.24) is 4.98 Å². The molecule has 0 aliphatic heterocycles. The van der Waals surface area contributed by atoms with Gasteiger partial charge in [-0.05, 0) is 18.2 Å². The number of anilines is 1. The summed E-state index contributed by atoms with van der Waals surface area (Å²) in [6, 6.07) is 4.97. The molecular weight excluding hydrogens is 368 g/mol. The first-order chi connectivity index (χ1) is 11.1. The standard InChI is InChI=1S/C15H11Cl2F3N2O2/c1-22(8-3-4-11(16)12(17)5-8)14(23)9-7-21-13(24-2)6-10(9)15(18,19)20/h3-7H,1-2H3. The van der Waals surface area contributed by atoms with Gasteiger partial charge in [-0.1, -0.05) is 23.2 Å². The summed E-state index contributed by atoms with van der Waals surface area (Å²) in [7, 11) is 2.51. The second-order valence-corrected chi connectivity index (χ2v) is 5.55. The molecule has 0 bridgehead atoms. The third-order valence-electron chi connectivity index (χ3n) is 3.22. The lowest BCUT2D eigenvalue weighted by molar-refractivity contribution is -0.138. The second kappa shape index (κ2) is 6.86. The van der Waals surface area contributed by atoms with E-state index in [4.69, 9.17) is 27.9 Å². The molecule has 0 unspecified atom stereocenters. The molecule has 0 saturated heterocycles. The highest BCUT2D eigenvalue weighted by Gasteiger charge is 2.37. The number of halogens is 5. The van der Waals surface area contributed by atoms with Gasteiger partial charge in [0.05, 0.1) is 28.3 Å². The summed E-state index contributed by atoms with van der Waals surface area (Å²) in [6.07, 6.45) is -3.91. The number of benzene rings is 1. The summed E-state index contributed by atoms with van der Waals surface area (Å²) in [4.78, 5) is 17.2. The fraction of sp³-hybridized carbons (Fsp3) is 0.200. The molecule has 0 aliphatic rings. The maximum Gasteiger partial charge on any atom is 0.417 e. The van der Waals surface area contributed by atoms with Gasteiger partial charge < -0.3 is 9.64 Å². The SMILES string of the molecule is COc1cc(C(F)(F)F)c(C(=O)N(C)c2ccc(Cl)c(Cl)c2)cn1. The predicted molar refractivity (Wildman–Crippen MR) is 85.0 cm³/mol. The van der Waals surface area contributed by atoms with Crippen LogP contribution in [0.4, 0.5) is 18.9 Å². The first kappa shape index (κ1) is 18.4. The van der Waals surface area contributed by atoms with Gasteiger partial charge in [-0.15, -0.1) is 0 Å². The summed E-state index contributed by atoms with van der Waals surface area (Å²) >= 11 is 11.7. The zero-order valence-electron chi connectivity index (χ0n) is 12.5. The number of carbonyl (C=O) groups is 1. The number of hydrogen-bond donors (Lipinski definition) is 0. The fourth-order valence-corrected chi connectivity index (χ4v) is 2.24. The molecule has 0 aliphatic carbocycles. The molecule has 0 spiro atoms. The lowest BCUT2D eigenvalue weighted by Gasteiger charge is -2.20. The molecule has 0 atom stereocenters. The topological polar surface area (TPSA) is 42.4 Å². The molecule has 2 rings (SSSR count). The van der Waals surface area contributed by atoms with Crippen molar-refractivity contribution >= 4 is 34.8 Å². The van der Waals surface area contributed by atoms with Gasteiger partial charge >= 0.3 is 6.18 Å². The number of methoxy groups -OCH3 is 1. The highest BCUT2D eigenvalue weighted by molar-refractivity contribution is 6.42. The zero-order chi connectivity index (χ0) is 18.1. The number of pyridine rings is 1. The highest BCUT2D eigenvalue weighted by atomic mass is 35.5. The maximum absolute atomic E-state index is 13.2. The van der Waals surface area contributed by atoms with E-state index in [9.17, 15) is 18.0 Å². The number of carbonyl (C=O) groups excluding carboxylic acids is 1. The van der Waals surface area contributed by atoms with Crippen LogP contribution in [0.25, 0.3) is 0 Å². The fourth-order valence-electron chi connectivity index (χ4n) is 1.94. The number of aromatic nitrogens is 1. The number of alkyl halides is 3. The molecule has 0 saturated carbocycles. The molecule has 1 heterocycles. The van der Waals surface area contributed by atoms with E-state index in [1.54, 1.807) is 0 Å². The highest BCUT2D eigenvalue weighted by Crippen LogP contribution is 2.35. The van der Waals surface area contributed by atoms with Crippen LogP contribution in [0, 0.1) is 0 Å². The second-order valence-electron chi connectivity index (χ2n) is 4.73. The van der Waals surface area contributed by atoms with Crippen molar-refractivity contribution in [2.75, 3.05) is 19.1 Å². The summed E-state index contributed by atoms with van der Waals surface area (Å²) in [5, 5.41) is 0.445. The van der Waals surface area contributed by atoms with Crippen molar-refractivity contribution in [1.29, 1.82) is 0 Å². The van der Waals surface area contributed by atoms with Crippen molar-refractivity contribution in [3.63, 3.8) is 0 Å². The van der Waals surface area contributed by atoms with Gasteiger partial charge in [0.15, 0.2) is 0 Å². The third kappa shape index (κ3) is 3.73. The monoisotopic (exact) mass is 378 g/mol. The Morgan fingerprint density at radius 2 is 1.88 bits per heavy atom. The van der Waals surface area contributed by atoms with E-state index in [0.717, 1.165) is 11.1 Å². The quantitative estimate of drug-likeness (QED) is 0.777. The van der Waals surface area contributed by atoms with E-state index < -0.39 is 23.2 Å². The Hall–Kier alpha value is -1.99. The van der Waals surface area contributed by atoms with Gasteiger partial charge in [-0.25, -0.2) is 4.98 Å². The number of rotatable bonds is 3. The van der Waals surface area contributed by atoms with Gasteiger partial charge in [0.1, 0.15) is 0 Å². The molecular formula is C15H11Cl2F3N2O2. The molecule has 1 aromatic heterocycles. The molecule has 0 N–H and O–H groups in total. The molecule has 9 heteroatoms. The van der Waals surface area contributed by atoms with Crippen molar-refractivity contribution in [3.05, 3.63) is 51.6 Å². The first-order valence-electron chi connectivity index (χ1n) is 6.49. The Labute approximate surface area is 145 Å². The molecule has 4 nitrogen and oxygen atoms in total.